The Morgan fingerprint density at radius 3 is 2.30 bits per heavy atom. The summed E-state index contributed by atoms with van der Waals surface area (Å²) in [6.07, 6.45) is 6.66. The number of hydrogen-bond acceptors (Lipinski definition) is 5. The fourth-order valence-electron chi connectivity index (χ4n) is 6.18. The molecule has 37 heavy (non-hydrogen) atoms. The van der Waals surface area contributed by atoms with E-state index in [4.69, 9.17) is 16.3 Å². The van der Waals surface area contributed by atoms with Gasteiger partial charge >= 0.3 is 0 Å². The van der Waals surface area contributed by atoms with Gasteiger partial charge in [0, 0.05) is 36.0 Å². The maximum Gasteiger partial charge on any atom is 0.253 e. The minimum atomic E-state index is -1.33. The third-order valence-corrected chi connectivity index (χ3v) is 7.96. The average molecular weight is 520 g/mol. The maximum absolute atomic E-state index is 14.1. The van der Waals surface area contributed by atoms with Crippen molar-refractivity contribution in [3.05, 3.63) is 83.9 Å². The van der Waals surface area contributed by atoms with E-state index in [1.165, 1.54) is 4.90 Å². The lowest BCUT2D eigenvalue weighted by Gasteiger charge is -2.35. The number of carbonyl (C=O) groups excluding carboxylic acids is 3. The van der Waals surface area contributed by atoms with E-state index in [0.717, 1.165) is 5.69 Å². The smallest absolute Gasteiger partial charge is 0.253 e. The summed E-state index contributed by atoms with van der Waals surface area (Å²) < 4.78 is 6.58. The first-order valence-electron chi connectivity index (χ1n) is 12.3. The molecule has 2 aromatic rings. The number of ether oxygens (including phenoxy) is 1. The van der Waals surface area contributed by atoms with Crippen molar-refractivity contribution in [1.82, 2.24) is 4.90 Å². The van der Waals surface area contributed by atoms with Crippen LogP contribution < -0.4 is 9.80 Å². The lowest BCUT2D eigenvalue weighted by Crippen LogP contribution is -2.55. The molecule has 3 amide bonds. The number of rotatable bonds is 4. The highest BCUT2D eigenvalue weighted by atomic mass is 35.5. The zero-order valence-corrected chi connectivity index (χ0v) is 20.7. The van der Waals surface area contributed by atoms with Gasteiger partial charge in [0.05, 0.1) is 24.5 Å². The van der Waals surface area contributed by atoms with Crippen molar-refractivity contribution in [2.45, 2.75) is 17.7 Å². The average Bonchev–Trinajstić information content (AvgIpc) is 3.20. The normalized spacial score (nSPS) is 30.8. The molecule has 0 aromatic heterocycles. The first-order chi connectivity index (χ1) is 18.0. The number of amides is 3. The molecule has 4 aliphatic heterocycles. The number of hydrogen-bond donors (Lipinski definition) is 1. The Bertz CT molecular complexity index is 1300. The van der Waals surface area contributed by atoms with E-state index < -0.39 is 29.6 Å². The summed E-state index contributed by atoms with van der Waals surface area (Å²) in [5.41, 5.74) is 0.0308. The van der Waals surface area contributed by atoms with E-state index in [-0.39, 0.29) is 37.4 Å². The number of halogens is 1. The summed E-state index contributed by atoms with van der Waals surface area (Å²) in [7, 11) is 0. The molecule has 4 aliphatic rings. The van der Waals surface area contributed by atoms with Gasteiger partial charge in [-0.2, -0.15) is 0 Å². The quantitative estimate of drug-likeness (QED) is 0.627. The number of nitrogens with zero attached hydrogens (tertiary/aromatic N) is 3. The zero-order chi connectivity index (χ0) is 25.7. The number of benzene rings is 2. The molecule has 2 saturated heterocycles. The molecule has 0 radical (unpaired) electrons. The van der Waals surface area contributed by atoms with Crippen molar-refractivity contribution in [3.63, 3.8) is 0 Å². The summed E-state index contributed by atoms with van der Waals surface area (Å²) in [5.74, 6) is -2.62. The fraction of sp³-hybridized carbons (Fsp3) is 0.321. The topological polar surface area (TPSA) is 90.4 Å². The number of anilines is 2. The predicted octanol–water partition coefficient (Wildman–Crippen LogP) is 2.42. The second kappa shape index (κ2) is 9.13. The number of fused-ring (bicyclic) bond motifs is 2. The van der Waals surface area contributed by atoms with Crippen molar-refractivity contribution in [2.24, 2.45) is 11.8 Å². The first-order valence-corrected chi connectivity index (χ1v) is 12.7. The summed E-state index contributed by atoms with van der Waals surface area (Å²) in [6, 6.07) is 15.2. The number of β-amino-alcohol motifs (C(OH)–C–C–N with tert-alkyl or cyclic N) is 1. The molecule has 5 atom stereocenters. The summed E-state index contributed by atoms with van der Waals surface area (Å²) >= 11 is 6.06. The fourth-order valence-corrected chi connectivity index (χ4v) is 6.30. The number of carbonyl (C=O) groups is 3. The summed E-state index contributed by atoms with van der Waals surface area (Å²) in [4.78, 5) is 46.7. The van der Waals surface area contributed by atoms with Gasteiger partial charge in [-0.15, -0.1) is 0 Å². The lowest BCUT2D eigenvalue weighted by molar-refractivity contribution is -0.141. The van der Waals surface area contributed by atoms with E-state index in [1.807, 2.05) is 48.6 Å². The molecule has 0 bridgehead atoms. The standard InChI is InChI=1S/C28H26ClN3O5/c29-18-9-11-20(12-10-18)31-15-5-13-28-23(26(35)32(16-17-33)24(28)27(31)36)22-21(37-28)8-4-14-30(25(22)34)19-6-2-1-3-7-19/h1-13,21-24,33H,14-17H2/t21-,22+,23-,24?,28-/m0/s1. The van der Waals surface area contributed by atoms with E-state index in [2.05, 4.69) is 0 Å². The van der Waals surface area contributed by atoms with Gasteiger partial charge in [0.15, 0.2) is 0 Å². The summed E-state index contributed by atoms with van der Waals surface area (Å²) in [5, 5.41) is 10.4. The Morgan fingerprint density at radius 1 is 0.892 bits per heavy atom. The van der Waals surface area contributed by atoms with Crippen LogP contribution in [0.5, 0.6) is 0 Å². The molecule has 0 saturated carbocycles. The van der Waals surface area contributed by atoms with Crippen LogP contribution in [0, 0.1) is 11.8 Å². The van der Waals surface area contributed by atoms with Crippen molar-refractivity contribution >= 4 is 40.7 Å². The van der Waals surface area contributed by atoms with Crippen LogP contribution in [0.25, 0.3) is 0 Å². The van der Waals surface area contributed by atoms with Crippen LogP contribution in [0.2, 0.25) is 5.02 Å². The van der Waals surface area contributed by atoms with Gasteiger partial charge in [0.25, 0.3) is 5.91 Å². The zero-order valence-electron chi connectivity index (χ0n) is 19.9. The minimum absolute atomic E-state index is 0.0387. The van der Waals surface area contributed by atoms with Gasteiger partial charge in [0.1, 0.15) is 11.6 Å². The Morgan fingerprint density at radius 2 is 1.57 bits per heavy atom. The Balaban J connectivity index is 1.43. The molecule has 8 nitrogen and oxygen atoms in total. The van der Waals surface area contributed by atoms with Crippen LogP contribution in [0.1, 0.15) is 0 Å². The van der Waals surface area contributed by atoms with Gasteiger partial charge in [-0.3, -0.25) is 14.4 Å². The predicted molar refractivity (Wildman–Crippen MR) is 138 cm³/mol. The molecule has 1 unspecified atom stereocenters. The Kier molecular flexibility index (Phi) is 5.90. The largest absolute Gasteiger partial charge is 0.395 e. The van der Waals surface area contributed by atoms with Crippen molar-refractivity contribution in [1.29, 1.82) is 0 Å². The second-order valence-corrected chi connectivity index (χ2v) is 10.1. The molecule has 0 aliphatic carbocycles. The molecular weight excluding hydrogens is 494 g/mol. The Labute approximate surface area is 219 Å². The third kappa shape index (κ3) is 3.62. The van der Waals surface area contributed by atoms with E-state index in [0.29, 0.717) is 17.3 Å². The molecule has 2 fully saturated rings. The highest BCUT2D eigenvalue weighted by Crippen LogP contribution is 2.53. The van der Waals surface area contributed by atoms with Crippen LogP contribution in [0.4, 0.5) is 11.4 Å². The molecule has 2 aromatic carbocycles. The second-order valence-electron chi connectivity index (χ2n) is 9.64. The van der Waals surface area contributed by atoms with E-state index in [1.54, 1.807) is 40.1 Å². The van der Waals surface area contributed by atoms with Gasteiger partial charge < -0.3 is 24.5 Å². The van der Waals surface area contributed by atoms with Crippen LogP contribution in [0.15, 0.2) is 78.9 Å². The highest BCUT2D eigenvalue weighted by molar-refractivity contribution is 6.30. The van der Waals surface area contributed by atoms with Gasteiger partial charge in [0.2, 0.25) is 11.8 Å². The highest BCUT2D eigenvalue weighted by Gasteiger charge is 2.71. The van der Waals surface area contributed by atoms with Crippen molar-refractivity contribution in [3.8, 4) is 0 Å². The van der Waals surface area contributed by atoms with Crippen molar-refractivity contribution < 1.29 is 24.2 Å². The molecule has 6 rings (SSSR count). The first kappa shape index (κ1) is 23.9. The molecule has 1 N–H and O–H groups in total. The van der Waals surface area contributed by atoms with Crippen LogP contribution in [-0.4, -0.2) is 71.7 Å². The lowest BCUT2D eigenvalue weighted by atomic mass is 9.77. The number of likely N-dealkylation sites (tertiary alicyclic amines) is 1. The van der Waals surface area contributed by atoms with Gasteiger partial charge in [-0.05, 0) is 36.4 Å². The van der Waals surface area contributed by atoms with Crippen LogP contribution >= 0.6 is 11.6 Å². The minimum Gasteiger partial charge on any atom is -0.395 e. The Hall–Kier alpha value is -3.46. The van der Waals surface area contributed by atoms with E-state index >= 15 is 0 Å². The molecule has 4 heterocycles. The number of para-hydroxylation sites is 1. The molecular formula is C28H26ClN3O5. The number of aliphatic hydroxyl groups excluding tert-OH is 1. The van der Waals surface area contributed by atoms with Gasteiger partial charge in [-0.1, -0.05) is 54.1 Å². The monoisotopic (exact) mass is 519 g/mol. The van der Waals surface area contributed by atoms with Crippen LogP contribution in [0.3, 0.4) is 0 Å². The third-order valence-electron chi connectivity index (χ3n) is 7.71. The van der Waals surface area contributed by atoms with Gasteiger partial charge in [-0.25, -0.2) is 0 Å². The molecule has 9 heteroatoms. The number of aliphatic hydroxyl groups is 1. The molecule has 190 valence electrons. The van der Waals surface area contributed by atoms with Crippen molar-refractivity contribution in [2.75, 3.05) is 36.0 Å². The van der Waals surface area contributed by atoms with E-state index in [9.17, 15) is 19.5 Å². The molecule has 1 spiro atoms. The SMILES string of the molecule is O=C1C2N(CCO)C(=O)[C@@H]3[C@@H]4C(=O)N(c5ccccc5)CC=C[C@@H]4O[C@]23C=CCN1c1ccc(Cl)cc1. The summed E-state index contributed by atoms with van der Waals surface area (Å²) in [6.45, 7) is 0.269. The van der Waals surface area contributed by atoms with Crippen LogP contribution in [-0.2, 0) is 19.1 Å². The maximum atomic E-state index is 14.1.